The molecule has 0 N–H and O–H groups in total. The van der Waals surface area contributed by atoms with Crippen molar-refractivity contribution < 1.29 is 0 Å². The highest BCUT2D eigenvalue weighted by atomic mass is 35.5. The quantitative estimate of drug-likeness (QED) is 0.727. The van der Waals surface area contributed by atoms with Crippen molar-refractivity contribution in [3.63, 3.8) is 0 Å². The van der Waals surface area contributed by atoms with Crippen molar-refractivity contribution in [2.24, 2.45) is 0 Å². The average Bonchev–Trinajstić information content (AvgIpc) is 2.69. The molecule has 0 amide bonds. The largest absolute Gasteiger partial charge is 0.325 e. The van der Waals surface area contributed by atoms with Gasteiger partial charge in [-0.1, -0.05) is 17.7 Å². The van der Waals surface area contributed by atoms with E-state index in [0.29, 0.717) is 5.02 Å². The van der Waals surface area contributed by atoms with E-state index >= 15 is 0 Å². The van der Waals surface area contributed by atoms with Crippen LogP contribution < -0.4 is 0 Å². The van der Waals surface area contributed by atoms with E-state index in [1.807, 2.05) is 36.9 Å². The summed E-state index contributed by atoms with van der Waals surface area (Å²) in [7, 11) is 0. The maximum atomic E-state index is 6.27. The zero-order valence-corrected chi connectivity index (χ0v) is 13.9. The second-order valence-electron chi connectivity index (χ2n) is 5.24. The van der Waals surface area contributed by atoms with Gasteiger partial charge in [0.15, 0.2) is 0 Å². The zero-order valence-electron chi connectivity index (χ0n) is 11.6. The fraction of sp³-hybridized carbons (Fsp3) is 0.500. The Morgan fingerprint density at radius 1 is 1.42 bits per heavy atom. The average molecular weight is 317 g/mol. The summed E-state index contributed by atoms with van der Waals surface area (Å²) in [4.78, 5) is 4.62. The van der Waals surface area contributed by atoms with Crippen molar-refractivity contribution in [3.05, 3.63) is 29.0 Å². The van der Waals surface area contributed by atoms with Crippen LogP contribution in [0.2, 0.25) is 5.02 Å². The second kappa shape index (κ2) is 5.55. The Labute approximate surface area is 128 Å². The lowest BCUT2D eigenvalue weighted by Crippen LogP contribution is -2.23. The standard InChI is InChI=1S/C14H18Cl2N2S/c1-9(15)13-17-12-10(16)6-5-7-11(12)18(13)8-14(2,3)19-4/h5-7,9H,8H2,1-4H3. The van der Waals surface area contributed by atoms with E-state index in [4.69, 9.17) is 23.2 Å². The van der Waals surface area contributed by atoms with Crippen LogP contribution in [-0.4, -0.2) is 20.6 Å². The van der Waals surface area contributed by atoms with Crippen LogP contribution in [0.25, 0.3) is 11.0 Å². The topological polar surface area (TPSA) is 17.8 Å². The van der Waals surface area contributed by atoms with E-state index < -0.39 is 0 Å². The van der Waals surface area contributed by atoms with E-state index in [1.54, 1.807) is 0 Å². The van der Waals surface area contributed by atoms with Crippen LogP contribution in [-0.2, 0) is 6.54 Å². The number of alkyl halides is 1. The summed E-state index contributed by atoms with van der Waals surface area (Å²) < 4.78 is 2.31. The molecule has 104 valence electrons. The molecule has 1 unspecified atom stereocenters. The molecule has 1 atom stereocenters. The number of imidazole rings is 1. The van der Waals surface area contributed by atoms with Gasteiger partial charge in [-0.05, 0) is 39.2 Å². The predicted molar refractivity (Wildman–Crippen MR) is 86.6 cm³/mol. The van der Waals surface area contributed by atoms with Crippen LogP contribution in [0.3, 0.4) is 0 Å². The molecule has 0 radical (unpaired) electrons. The number of hydrogen-bond donors (Lipinski definition) is 0. The van der Waals surface area contributed by atoms with E-state index in [9.17, 15) is 0 Å². The van der Waals surface area contributed by atoms with Gasteiger partial charge >= 0.3 is 0 Å². The SMILES string of the molecule is CSC(C)(C)Cn1c(C(C)Cl)nc2c(Cl)cccc21. The lowest BCUT2D eigenvalue weighted by atomic mass is 10.2. The Hall–Kier alpha value is -0.380. The number of rotatable bonds is 4. The monoisotopic (exact) mass is 316 g/mol. The third-order valence-corrected chi connectivity index (χ3v) is 4.94. The van der Waals surface area contributed by atoms with Crippen molar-refractivity contribution in [1.29, 1.82) is 0 Å². The molecule has 0 saturated heterocycles. The summed E-state index contributed by atoms with van der Waals surface area (Å²) in [6.45, 7) is 7.24. The summed E-state index contributed by atoms with van der Waals surface area (Å²) in [6, 6.07) is 5.87. The van der Waals surface area contributed by atoms with E-state index in [-0.39, 0.29) is 10.1 Å². The molecule has 1 heterocycles. The van der Waals surface area contributed by atoms with Gasteiger partial charge in [0, 0.05) is 11.3 Å². The van der Waals surface area contributed by atoms with E-state index in [2.05, 4.69) is 29.7 Å². The van der Waals surface area contributed by atoms with Gasteiger partial charge in [-0.3, -0.25) is 0 Å². The van der Waals surface area contributed by atoms with Crippen molar-refractivity contribution in [3.8, 4) is 0 Å². The predicted octanol–water partition coefficient (Wildman–Crippen LogP) is 5.13. The smallest absolute Gasteiger partial charge is 0.127 e. The Balaban J connectivity index is 2.62. The van der Waals surface area contributed by atoms with Gasteiger partial charge in [-0.25, -0.2) is 4.98 Å². The third-order valence-electron chi connectivity index (χ3n) is 3.21. The molecule has 0 spiro atoms. The van der Waals surface area contributed by atoms with Crippen LogP contribution in [0.15, 0.2) is 18.2 Å². The first-order chi connectivity index (χ1) is 8.85. The van der Waals surface area contributed by atoms with Crippen LogP contribution in [0.5, 0.6) is 0 Å². The Morgan fingerprint density at radius 3 is 2.68 bits per heavy atom. The number of thioether (sulfide) groups is 1. The van der Waals surface area contributed by atoms with Crippen LogP contribution >= 0.6 is 35.0 Å². The van der Waals surface area contributed by atoms with Crippen LogP contribution in [0.4, 0.5) is 0 Å². The van der Waals surface area contributed by atoms with Crippen molar-refractivity contribution in [2.45, 2.75) is 37.4 Å². The third kappa shape index (κ3) is 3.04. The molecule has 5 heteroatoms. The summed E-state index contributed by atoms with van der Waals surface area (Å²) in [5.74, 6) is 0.881. The first-order valence-corrected chi connectivity index (χ1v) is 8.23. The molecule has 0 bridgehead atoms. The summed E-state index contributed by atoms with van der Waals surface area (Å²) in [5, 5.41) is 0.540. The van der Waals surface area contributed by atoms with Crippen molar-refractivity contribution >= 4 is 46.0 Å². The van der Waals surface area contributed by atoms with Gasteiger partial charge in [-0.15, -0.1) is 11.6 Å². The molecular weight excluding hydrogens is 299 g/mol. The summed E-state index contributed by atoms with van der Waals surface area (Å²) in [5.41, 5.74) is 1.89. The molecule has 0 aliphatic carbocycles. The lowest BCUT2D eigenvalue weighted by molar-refractivity contribution is 0.559. The molecule has 0 saturated carbocycles. The number of fused-ring (bicyclic) bond motifs is 1. The maximum Gasteiger partial charge on any atom is 0.127 e. The number of nitrogens with zero attached hydrogens (tertiary/aromatic N) is 2. The van der Waals surface area contributed by atoms with Gasteiger partial charge in [0.1, 0.15) is 11.3 Å². The highest BCUT2D eigenvalue weighted by Crippen LogP contribution is 2.32. The van der Waals surface area contributed by atoms with Gasteiger partial charge in [0.2, 0.25) is 0 Å². The van der Waals surface area contributed by atoms with Crippen molar-refractivity contribution in [2.75, 3.05) is 6.26 Å². The molecule has 0 aliphatic rings. The molecule has 1 aromatic heterocycles. The highest BCUT2D eigenvalue weighted by Gasteiger charge is 2.23. The molecule has 1 aromatic carbocycles. The lowest BCUT2D eigenvalue weighted by Gasteiger charge is -2.24. The van der Waals surface area contributed by atoms with Gasteiger partial charge in [-0.2, -0.15) is 11.8 Å². The molecule has 0 aliphatic heterocycles. The Kier molecular flexibility index (Phi) is 4.38. The van der Waals surface area contributed by atoms with Gasteiger partial charge < -0.3 is 4.57 Å². The molecule has 0 fully saturated rings. The Bertz CT molecular complexity index is 590. The number of para-hydroxylation sites is 1. The molecule has 2 aromatic rings. The number of halogens is 2. The van der Waals surface area contributed by atoms with Crippen LogP contribution in [0, 0.1) is 0 Å². The van der Waals surface area contributed by atoms with Gasteiger partial charge in [0.25, 0.3) is 0 Å². The second-order valence-corrected chi connectivity index (χ2v) is 7.82. The minimum absolute atomic E-state index is 0.122. The molecule has 19 heavy (non-hydrogen) atoms. The minimum atomic E-state index is -0.138. The van der Waals surface area contributed by atoms with E-state index in [0.717, 1.165) is 23.4 Å². The summed E-state index contributed by atoms with van der Waals surface area (Å²) in [6.07, 6.45) is 2.12. The normalized spacial score (nSPS) is 14.0. The van der Waals surface area contributed by atoms with Crippen molar-refractivity contribution in [1.82, 2.24) is 9.55 Å². The first-order valence-electron chi connectivity index (χ1n) is 6.19. The molecule has 2 rings (SSSR count). The number of benzene rings is 1. The Morgan fingerprint density at radius 2 is 2.11 bits per heavy atom. The zero-order chi connectivity index (χ0) is 14.2. The van der Waals surface area contributed by atoms with Crippen LogP contribution in [0.1, 0.15) is 32.0 Å². The summed E-state index contributed by atoms with van der Waals surface area (Å²) >= 11 is 14.3. The fourth-order valence-corrected chi connectivity index (χ4v) is 2.68. The minimum Gasteiger partial charge on any atom is -0.325 e. The molecule has 2 nitrogen and oxygen atoms in total. The maximum absolute atomic E-state index is 6.27. The number of hydrogen-bond acceptors (Lipinski definition) is 2. The highest BCUT2D eigenvalue weighted by molar-refractivity contribution is 7.99. The number of aromatic nitrogens is 2. The fourth-order valence-electron chi connectivity index (χ4n) is 2.05. The molecular formula is C14H18Cl2N2S. The first kappa shape index (κ1) is 15.0. The van der Waals surface area contributed by atoms with Gasteiger partial charge in [0.05, 0.1) is 15.9 Å². The van der Waals surface area contributed by atoms with E-state index in [1.165, 1.54) is 0 Å².